The number of nitrogens with one attached hydrogen (secondary N) is 1. The van der Waals surface area contributed by atoms with Crippen molar-refractivity contribution in [3.8, 4) is 0 Å². The molecule has 0 amide bonds. The predicted molar refractivity (Wildman–Crippen MR) is 80.3 cm³/mol. The molecule has 1 unspecified atom stereocenters. The molecule has 1 aromatic rings. The van der Waals surface area contributed by atoms with Gasteiger partial charge < -0.3 is 5.32 Å². The molecule has 96 valence electrons. The standard InChI is InChI=1S/C14H22ClNS/c1-11(2)16-10-13(8-9-17-3)12-4-6-14(15)7-5-12/h4-7,11,13,16H,8-10H2,1-3H3. The van der Waals surface area contributed by atoms with Gasteiger partial charge in [0.2, 0.25) is 0 Å². The van der Waals surface area contributed by atoms with E-state index in [1.165, 1.54) is 17.7 Å². The Labute approximate surface area is 114 Å². The predicted octanol–water partition coefficient (Wildman–Crippen LogP) is 4.17. The molecule has 3 heteroatoms. The van der Waals surface area contributed by atoms with Crippen LogP contribution in [0.15, 0.2) is 24.3 Å². The molecule has 0 aliphatic rings. The molecule has 17 heavy (non-hydrogen) atoms. The Hall–Kier alpha value is -0.180. The van der Waals surface area contributed by atoms with Gasteiger partial charge in [-0.15, -0.1) is 0 Å². The highest BCUT2D eigenvalue weighted by Crippen LogP contribution is 2.22. The van der Waals surface area contributed by atoms with Gasteiger partial charge in [0.05, 0.1) is 0 Å². The molecule has 0 aliphatic heterocycles. The van der Waals surface area contributed by atoms with Crippen molar-refractivity contribution in [1.82, 2.24) is 5.32 Å². The Balaban J connectivity index is 2.63. The normalized spacial score (nSPS) is 13.0. The van der Waals surface area contributed by atoms with Gasteiger partial charge in [0, 0.05) is 17.6 Å². The second kappa shape index (κ2) is 8.02. The molecule has 0 saturated carbocycles. The molecule has 0 fully saturated rings. The summed E-state index contributed by atoms with van der Waals surface area (Å²) >= 11 is 7.84. The van der Waals surface area contributed by atoms with Crippen molar-refractivity contribution in [2.75, 3.05) is 18.6 Å². The van der Waals surface area contributed by atoms with Gasteiger partial charge in [-0.25, -0.2) is 0 Å². The average molecular weight is 272 g/mol. The molecule has 0 aliphatic carbocycles. The summed E-state index contributed by atoms with van der Waals surface area (Å²) in [6.45, 7) is 5.42. The van der Waals surface area contributed by atoms with E-state index < -0.39 is 0 Å². The first-order valence-electron chi connectivity index (χ1n) is 6.11. The summed E-state index contributed by atoms with van der Waals surface area (Å²) in [5.74, 6) is 1.79. The Kier molecular flexibility index (Phi) is 7.02. The van der Waals surface area contributed by atoms with Crippen molar-refractivity contribution in [1.29, 1.82) is 0 Å². The fourth-order valence-corrected chi connectivity index (χ4v) is 2.41. The van der Waals surface area contributed by atoms with Crippen LogP contribution < -0.4 is 5.32 Å². The van der Waals surface area contributed by atoms with E-state index in [1.807, 2.05) is 23.9 Å². The fourth-order valence-electron chi connectivity index (χ4n) is 1.76. The van der Waals surface area contributed by atoms with E-state index in [2.05, 4.69) is 37.6 Å². The van der Waals surface area contributed by atoms with E-state index in [4.69, 9.17) is 11.6 Å². The molecule has 0 aromatic heterocycles. The van der Waals surface area contributed by atoms with Crippen LogP contribution in [0.1, 0.15) is 31.7 Å². The first-order chi connectivity index (χ1) is 8.13. The van der Waals surface area contributed by atoms with E-state index in [0.29, 0.717) is 12.0 Å². The molecule has 0 bridgehead atoms. The quantitative estimate of drug-likeness (QED) is 0.799. The second-order valence-electron chi connectivity index (χ2n) is 4.59. The number of thioether (sulfide) groups is 1. The summed E-state index contributed by atoms with van der Waals surface area (Å²) in [5, 5.41) is 4.34. The maximum Gasteiger partial charge on any atom is 0.0406 e. The zero-order valence-corrected chi connectivity index (χ0v) is 12.4. The van der Waals surface area contributed by atoms with E-state index in [9.17, 15) is 0 Å². The second-order valence-corrected chi connectivity index (χ2v) is 6.01. The Morgan fingerprint density at radius 1 is 1.24 bits per heavy atom. The number of hydrogen-bond acceptors (Lipinski definition) is 2. The molecular weight excluding hydrogens is 250 g/mol. The van der Waals surface area contributed by atoms with Crippen molar-refractivity contribution in [2.45, 2.75) is 32.2 Å². The zero-order valence-electron chi connectivity index (χ0n) is 10.9. The van der Waals surface area contributed by atoms with Gasteiger partial charge in [-0.1, -0.05) is 37.6 Å². The lowest BCUT2D eigenvalue weighted by molar-refractivity contribution is 0.522. The van der Waals surface area contributed by atoms with Gasteiger partial charge >= 0.3 is 0 Å². The van der Waals surface area contributed by atoms with Crippen molar-refractivity contribution in [3.05, 3.63) is 34.9 Å². The third-order valence-electron chi connectivity index (χ3n) is 2.78. The van der Waals surface area contributed by atoms with Crippen LogP contribution in [-0.2, 0) is 0 Å². The van der Waals surface area contributed by atoms with Crippen LogP contribution in [0.3, 0.4) is 0 Å². The number of benzene rings is 1. The van der Waals surface area contributed by atoms with Crippen LogP contribution in [0, 0.1) is 0 Å². The van der Waals surface area contributed by atoms with Crippen molar-refractivity contribution < 1.29 is 0 Å². The SMILES string of the molecule is CSCCC(CNC(C)C)c1ccc(Cl)cc1. The summed E-state index contributed by atoms with van der Waals surface area (Å²) in [6, 6.07) is 8.81. The summed E-state index contributed by atoms with van der Waals surface area (Å²) in [7, 11) is 0. The molecule has 1 rings (SSSR count). The number of rotatable bonds is 7. The smallest absolute Gasteiger partial charge is 0.0406 e. The third-order valence-corrected chi connectivity index (χ3v) is 3.68. The lowest BCUT2D eigenvalue weighted by Crippen LogP contribution is -2.28. The van der Waals surface area contributed by atoms with Crippen molar-refractivity contribution in [3.63, 3.8) is 0 Å². The highest BCUT2D eigenvalue weighted by Gasteiger charge is 2.11. The molecular formula is C14H22ClNS. The maximum atomic E-state index is 5.93. The lowest BCUT2D eigenvalue weighted by atomic mass is 9.96. The Morgan fingerprint density at radius 3 is 2.41 bits per heavy atom. The molecule has 1 aromatic carbocycles. The van der Waals surface area contributed by atoms with Gasteiger partial charge in [0.15, 0.2) is 0 Å². The number of halogens is 1. The first-order valence-corrected chi connectivity index (χ1v) is 7.88. The molecule has 0 saturated heterocycles. The largest absolute Gasteiger partial charge is 0.314 e. The molecule has 1 N–H and O–H groups in total. The average Bonchev–Trinajstić information content (AvgIpc) is 2.30. The monoisotopic (exact) mass is 271 g/mol. The van der Waals surface area contributed by atoms with Crippen LogP contribution in [0.5, 0.6) is 0 Å². The molecule has 1 atom stereocenters. The van der Waals surface area contributed by atoms with E-state index >= 15 is 0 Å². The van der Waals surface area contributed by atoms with Gasteiger partial charge in [0.1, 0.15) is 0 Å². The highest BCUT2D eigenvalue weighted by atomic mass is 35.5. The molecule has 0 spiro atoms. The van der Waals surface area contributed by atoms with Gasteiger partial charge in [-0.2, -0.15) is 11.8 Å². The fraction of sp³-hybridized carbons (Fsp3) is 0.571. The maximum absolute atomic E-state index is 5.93. The zero-order chi connectivity index (χ0) is 12.7. The minimum absolute atomic E-state index is 0.541. The Bertz CT molecular complexity index is 311. The highest BCUT2D eigenvalue weighted by molar-refractivity contribution is 7.98. The van der Waals surface area contributed by atoms with Crippen LogP contribution >= 0.6 is 23.4 Å². The lowest BCUT2D eigenvalue weighted by Gasteiger charge is -2.19. The van der Waals surface area contributed by atoms with E-state index in [1.54, 1.807) is 0 Å². The van der Waals surface area contributed by atoms with Crippen molar-refractivity contribution >= 4 is 23.4 Å². The Morgan fingerprint density at radius 2 is 1.88 bits per heavy atom. The summed E-state index contributed by atoms with van der Waals surface area (Å²) in [5.41, 5.74) is 1.39. The van der Waals surface area contributed by atoms with Gasteiger partial charge in [-0.3, -0.25) is 0 Å². The van der Waals surface area contributed by atoms with Crippen LogP contribution in [0.4, 0.5) is 0 Å². The minimum Gasteiger partial charge on any atom is -0.314 e. The van der Waals surface area contributed by atoms with Crippen LogP contribution in [-0.4, -0.2) is 24.6 Å². The van der Waals surface area contributed by atoms with E-state index in [-0.39, 0.29) is 0 Å². The molecule has 0 radical (unpaired) electrons. The van der Waals surface area contributed by atoms with Gasteiger partial charge in [0.25, 0.3) is 0 Å². The summed E-state index contributed by atoms with van der Waals surface area (Å²) in [4.78, 5) is 0. The van der Waals surface area contributed by atoms with Crippen molar-refractivity contribution in [2.24, 2.45) is 0 Å². The molecule has 0 heterocycles. The summed E-state index contributed by atoms with van der Waals surface area (Å²) in [6.07, 6.45) is 3.37. The first kappa shape index (κ1) is 14.9. The topological polar surface area (TPSA) is 12.0 Å². The van der Waals surface area contributed by atoms with Crippen LogP contribution in [0.25, 0.3) is 0 Å². The van der Waals surface area contributed by atoms with Gasteiger partial charge in [-0.05, 0) is 42.0 Å². The molecule has 1 nitrogen and oxygen atoms in total. The third kappa shape index (κ3) is 5.80. The summed E-state index contributed by atoms with van der Waals surface area (Å²) < 4.78 is 0. The van der Waals surface area contributed by atoms with E-state index in [0.717, 1.165) is 11.6 Å². The minimum atomic E-state index is 0.541. The van der Waals surface area contributed by atoms with Crippen LogP contribution in [0.2, 0.25) is 5.02 Å². The number of hydrogen-bond donors (Lipinski definition) is 1.